The van der Waals surface area contributed by atoms with Gasteiger partial charge in [-0.1, -0.05) is 129 Å². The van der Waals surface area contributed by atoms with E-state index in [4.69, 9.17) is 0 Å². The van der Waals surface area contributed by atoms with Crippen LogP contribution in [0.15, 0.2) is 130 Å². The van der Waals surface area contributed by atoms with Gasteiger partial charge >= 0.3 is 0 Å². The lowest BCUT2D eigenvalue weighted by molar-refractivity contribution is 1.35. The van der Waals surface area contributed by atoms with Crippen molar-refractivity contribution in [2.24, 2.45) is 0 Å². The van der Waals surface area contributed by atoms with E-state index in [1.807, 2.05) is 0 Å². The molecule has 38 heavy (non-hydrogen) atoms. The van der Waals surface area contributed by atoms with Crippen LogP contribution in [0, 0.1) is 13.8 Å². The Bertz CT molecular complexity index is 1470. The number of hydrogen-bond donors (Lipinski definition) is 0. The van der Waals surface area contributed by atoms with E-state index in [1.165, 1.54) is 55.7 Å². The van der Waals surface area contributed by atoms with E-state index in [0.717, 1.165) is 8.95 Å². The van der Waals surface area contributed by atoms with Gasteiger partial charge in [-0.2, -0.15) is 0 Å². The number of halogens is 2. The molecule has 0 radical (unpaired) electrons. The molecule has 0 bridgehead atoms. The van der Waals surface area contributed by atoms with Crippen LogP contribution in [0.2, 0.25) is 0 Å². The molecule has 5 aromatic rings. The van der Waals surface area contributed by atoms with E-state index in [9.17, 15) is 0 Å². The number of benzene rings is 5. The first-order valence-corrected chi connectivity index (χ1v) is 14.2. The first-order valence-electron chi connectivity index (χ1n) is 12.7. The maximum Gasteiger partial charge on any atom is 0.0175 e. The lowest BCUT2D eigenvalue weighted by Crippen LogP contribution is -1.94. The summed E-state index contributed by atoms with van der Waals surface area (Å²) in [6, 6.07) is 43.0. The van der Waals surface area contributed by atoms with Gasteiger partial charge in [0.15, 0.2) is 0 Å². The van der Waals surface area contributed by atoms with Crippen molar-refractivity contribution in [3.05, 3.63) is 175 Å². The third-order valence-electron chi connectivity index (χ3n) is 6.73. The highest BCUT2D eigenvalue weighted by Crippen LogP contribution is 2.32. The predicted octanol–water partition coefficient (Wildman–Crippen LogP) is 11.0. The Labute approximate surface area is 242 Å². The smallest absolute Gasteiger partial charge is 0.0175 e. The molecule has 0 N–H and O–H groups in total. The SMILES string of the molecule is Cc1cc(/C=C(\c2ccccc2)c2ccc(Br)cc2)c(C)cc1/C=C(\c1ccccc1)c1ccc(Br)cc1. The van der Waals surface area contributed by atoms with E-state index >= 15 is 0 Å². The molecule has 0 heterocycles. The van der Waals surface area contributed by atoms with Crippen molar-refractivity contribution < 1.29 is 0 Å². The molecule has 0 saturated heterocycles. The molecule has 0 aliphatic rings. The number of aryl methyl sites for hydroxylation is 2. The molecule has 0 spiro atoms. The molecule has 0 aromatic heterocycles. The van der Waals surface area contributed by atoms with Gasteiger partial charge in [0.25, 0.3) is 0 Å². The van der Waals surface area contributed by atoms with Gasteiger partial charge < -0.3 is 0 Å². The maximum atomic E-state index is 3.58. The van der Waals surface area contributed by atoms with E-state index in [0.29, 0.717) is 0 Å². The number of rotatable bonds is 6. The Balaban J connectivity index is 1.61. The summed E-state index contributed by atoms with van der Waals surface area (Å²) in [4.78, 5) is 0. The lowest BCUT2D eigenvalue weighted by atomic mass is 9.91. The minimum atomic E-state index is 1.08. The zero-order valence-electron chi connectivity index (χ0n) is 21.5. The van der Waals surface area contributed by atoms with Crippen LogP contribution in [0.3, 0.4) is 0 Å². The zero-order chi connectivity index (χ0) is 26.5. The molecule has 0 amide bonds. The summed E-state index contributed by atoms with van der Waals surface area (Å²) < 4.78 is 2.16. The van der Waals surface area contributed by atoms with Gasteiger partial charge in [0.05, 0.1) is 0 Å². The second kappa shape index (κ2) is 11.9. The maximum absolute atomic E-state index is 3.58. The Hall–Kier alpha value is -3.46. The zero-order valence-corrected chi connectivity index (χ0v) is 24.6. The van der Waals surface area contributed by atoms with Crippen molar-refractivity contribution in [1.82, 2.24) is 0 Å². The first-order chi connectivity index (χ1) is 18.5. The van der Waals surface area contributed by atoms with Crippen LogP contribution in [-0.2, 0) is 0 Å². The number of hydrogen-bond acceptors (Lipinski definition) is 0. The standard InChI is InChI=1S/C36H28Br2/c1-25-21-32(24-36(28-11-7-4-8-12-28)30-15-19-34(38)20-16-30)26(2)22-31(25)23-35(27-9-5-3-6-10-27)29-13-17-33(37)18-14-29/h3-24H,1-2H3/b35-23+,36-24+. The third kappa shape index (κ3) is 6.15. The molecule has 0 atom stereocenters. The highest BCUT2D eigenvalue weighted by Gasteiger charge is 2.10. The average molecular weight is 620 g/mol. The van der Waals surface area contributed by atoms with Crippen LogP contribution < -0.4 is 0 Å². The van der Waals surface area contributed by atoms with E-state index in [2.05, 4.69) is 179 Å². The Morgan fingerprint density at radius 2 is 0.763 bits per heavy atom. The molecule has 5 rings (SSSR count). The minimum Gasteiger partial charge on any atom is -0.0622 e. The lowest BCUT2D eigenvalue weighted by Gasteiger charge is -2.14. The van der Waals surface area contributed by atoms with Crippen molar-refractivity contribution in [3.8, 4) is 0 Å². The second-order valence-corrected chi connectivity index (χ2v) is 11.3. The summed E-state index contributed by atoms with van der Waals surface area (Å²) in [5.74, 6) is 0. The summed E-state index contributed by atoms with van der Waals surface area (Å²) in [6.45, 7) is 4.41. The van der Waals surface area contributed by atoms with Gasteiger partial charge in [0.2, 0.25) is 0 Å². The normalized spacial score (nSPS) is 12.0. The van der Waals surface area contributed by atoms with Gasteiger partial charge in [-0.3, -0.25) is 0 Å². The van der Waals surface area contributed by atoms with Crippen LogP contribution in [-0.4, -0.2) is 0 Å². The van der Waals surface area contributed by atoms with Crippen molar-refractivity contribution in [2.75, 3.05) is 0 Å². The van der Waals surface area contributed by atoms with E-state index < -0.39 is 0 Å². The molecule has 0 saturated carbocycles. The highest BCUT2D eigenvalue weighted by atomic mass is 79.9. The summed E-state index contributed by atoms with van der Waals surface area (Å²) in [6.07, 6.45) is 4.64. The summed E-state index contributed by atoms with van der Waals surface area (Å²) in [5, 5.41) is 0. The van der Waals surface area contributed by atoms with Crippen molar-refractivity contribution in [3.63, 3.8) is 0 Å². The van der Waals surface area contributed by atoms with Crippen molar-refractivity contribution in [1.29, 1.82) is 0 Å². The van der Waals surface area contributed by atoms with Crippen molar-refractivity contribution in [2.45, 2.75) is 13.8 Å². The Morgan fingerprint density at radius 1 is 0.447 bits per heavy atom. The summed E-state index contributed by atoms with van der Waals surface area (Å²) in [7, 11) is 0. The van der Waals surface area contributed by atoms with E-state index in [1.54, 1.807) is 0 Å². The van der Waals surface area contributed by atoms with Gasteiger partial charge in [0, 0.05) is 8.95 Å². The molecule has 0 aliphatic carbocycles. The largest absolute Gasteiger partial charge is 0.0622 e. The van der Waals surface area contributed by atoms with Gasteiger partial charge in [0.1, 0.15) is 0 Å². The van der Waals surface area contributed by atoms with Gasteiger partial charge in [-0.05, 0) is 106 Å². The first kappa shape index (κ1) is 26.2. The monoisotopic (exact) mass is 618 g/mol. The average Bonchev–Trinajstić information content (AvgIpc) is 2.94. The summed E-state index contributed by atoms with van der Waals surface area (Å²) in [5.41, 5.74) is 12.2. The molecule has 0 unspecified atom stereocenters. The molecule has 2 heteroatoms. The molecular weight excluding hydrogens is 592 g/mol. The Morgan fingerprint density at radius 3 is 1.11 bits per heavy atom. The second-order valence-electron chi connectivity index (χ2n) is 9.43. The van der Waals surface area contributed by atoms with Crippen LogP contribution >= 0.6 is 31.9 Å². The van der Waals surface area contributed by atoms with Gasteiger partial charge in [-0.15, -0.1) is 0 Å². The van der Waals surface area contributed by atoms with Crippen LogP contribution in [0.5, 0.6) is 0 Å². The molecule has 186 valence electrons. The highest BCUT2D eigenvalue weighted by molar-refractivity contribution is 9.10. The van der Waals surface area contributed by atoms with Crippen LogP contribution in [0.4, 0.5) is 0 Å². The third-order valence-corrected chi connectivity index (χ3v) is 7.79. The topological polar surface area (TPSA) is 0 Å². The van der Waals surface area contributed by atoms with Crippen LogP contribution in [0.1, 0.15) is 44.5 Å². The van der Waals surface area contributed by atoms with Crippen LogP contribution in [0.25, 0.3) is 23.3 Å². The Kier molecular flexibility index (Phi) is 8.22. The fourth-order valence-electron chi connectivity index (χ4n) is 4.64. The molecule has 0 fully saturated rings. The quantitative estimate of drug-likeness (QED) is 0.166. The summed E-state index contributed by atoms with van der Waals surface area (Å²) >= 11 is 7.15. The van der Waals surface area contributed by atoms with E-state index in [-0.39, 0.29) is 0 Å². The molecule has 0 nitrogen and oxygen atoms in total. The molecule has 0 aliphatic heterocycles. The van der Waals surface area contributed by atoms with Crippen molar-refractivity contribution >= 4 is 55.2 Å². The molecular formula is C36H28Br2. The predicted molar refractivity (Wildman–Crippen MR) is 171 cm³/mol. The minimum absolute atomic E-state index is 1.08. The fourth-order valence-corrected chi connectivity index (χ4v) is 5.17. The van der Waals surface area contributed by atoms with Gasteiger partial charge in [-0.25, -0.2) is 0 Å². The fraction of sp³-hybridized carbons (Fsp3) is 0.0556. The molecule has 5 aromatic carbocycles.